The number of nitrogens with one attached hydrogen (secondary N) is 1. The average Bonchev–Trinajstić information content (AvgIpc) is 2.66. The largest absolute Gasteiger partial charge is 0.340 e. The molecule has 1 aliphatic heterocycles. The molecule has 0 aromatic heterocycles. The van der Waals surface area contributed by atoms with E-state index in [1.165, 1.54) is 28.6 Å². The second kappa shape index (κ2) is 9.94. The van der Waals surface area contributed by atoms with Crippen LogP contribution in [0.3, 0.4) is 0 Å². The minimum atomic E-state index is -3.29. The van der Waals surface area contributed by atoms with Crippen LogP contribution in [-0.2, 0) is 14.8 Å². The predicted molar refractivity (Wildman–Crippen MR) is 104 cm³/mol. The Balaban J connectivity index is 2.04. The van der Waals surface area contributed by atoms with Gasteiger partial charge in [0.1, 0.15) is 11.9 Å². The lowest BCUT2D eigenvalue weighted by molar-refractivity contribution is -0.134. The van der Waals surface area contributed by atoms with Gasteiger partial charge in [-0.25, -0.2) is 12.8 Å². The summed E-state index contributed by atoms with van der Waals surface area (Å²) >= 11 is 0. The lowest BCUT2D eigenvalue weighted by Gasteiger charge is -2.35. The van der Waals surface area contributed by atoms with Crippen LogP contribution in [0, 0.1) is 5.82 Å². The van der Waals surface area contributed by atoms with E-state index in [0.717, 1.165) is 12.7 Å². The Bertz CT molecular complexity index is 777. The molecule has 1 atom stereocenters. The molecule has 1 aromatic rings. The summed E-state index contributed by atoms with van der Waals surface area (Å²) in [4.78, 5) is 26.9. The Morgan fingerprint density at radius 2 is 1.75 bits per heavy atom. The molecule has 0 bridgehead atoms. The van der Waals surface area contributed by atoms with Gasteiger partial charge < -0.3 is 16.0 Å². The molecule has 0 radical (unpaired) electrons. The van der Waals surface area contributed by atoms with Crippen LogP contribution in [0.25, 0.3) is 0 Å². The third kappa shape index (κ3) is 6.25. The highest BCUT2D eigenvalue weighted by Gasteiger charge is 2.30. The molecule has 8 nitrogen and oxygen atoms in total. The molecule has 2 rings (SSSR count). The zero-order valence-electron chi connectivity index (χ0n) is 15.9. The second-order valence-electron chi connectivity index (χ2n) is 6.80. The minimum Gasteiger partial charge on any atom is -0.340 e. The van der Waals surface area contributed by atoms with Crippen LogP contribution in [0.5, 0.6) is 0 Å². The Morgan fingerprint density at radius 3 is 2.29 bits per heavy atom. The average molecular weight is 415 g/mol. The number of carbonyl (C=O) groups excluding carboxylic acids is 2. The van der Waals surface area contributed by atoms with Crippen LogP contribution < -0.4 is 11.1 Å². The van der Waals surface area contributed by atoms with Crippen LogP contribution in [0.4, 0.5) is 4.39 Å². The van der Waals surface area contributed by atoms with Crippen molar-refractivity contribution in [1.82, 2.24) is 14.5 Å². The van der Waals surface area contributed by atoms with Crippen LogP contribution in [0.2, 0.25) is 0 Å². The molecular weight excluding hydrogens is 387 g/mol. The maximum Gasteiger partial charge on any atom is 0.251 e. The SMILES string of the molecule is CS(=O)(=O)N1CCN(C(=O)[C@H](CCCCN)NC(=O)c2ccc(F)cc2)CC1. The van der Waals surface area contributed by atoms with E-state index in [1.54, 1.807) is 4.90 Å². The molecule has 28 heavy (non-hydrogen) atoms. The number of hydrogen-bond acceptors (Lipinski definition) is 5. The number of rotatable bonds is 8. The second-order valence-corrected chi connectivity index (χ2v) is 8.79. The first kappa shape index (κ1) is 22.3. The number of hydrogen-bond donors (Lipinski definition) is 2. The Hall–Kier alpha value is -2.04. The molecular formula is C18H27FN4O4S. The number of piperazine rings is 1. The molecule has 1 saturated heterocycles. The summed E-state index contributed by atoms with van der Waals surface area (Å²) in [6, 6.07) is 4.34. The summed E-state index contributed by atoms with van der Waals surface area (Å²) in [5.74, 6) is -1.16. The number of nitrogens with two attached hydrogens (primary N) is 1. The summed E-state index contributed by atoms with van der Waals surface area (Å²) in [5, 5.41) is 2.72. The molecule has 0 unspecified atom stereocenters. The molecule has 0 spiro atoms. The van der Waals surface area contributed by atoms with E-state index < -0.39 is 27.8 Å². The summed E-state index contributed by atoms with van der Waals surface area (Å²) in [6.07, 6.45) is 2.95. The Labute approximate surface area is 164 Å². The number of nitrogens with zero attached hydrogens (tertiary/aromatic N) is 2. The summed E-state index contributed by atoms with van der Waals surface area (Å²) in [5.41, 5.74) is 5.78. The topological polar surface area (TPSA) is 113 Å². The van der Waals surface area contributed by atoms with Crippen molar-refractivity contribution in [2.45, 2.75) is 25.3 Å². The van der Waals surface area contributed by atoms with E-state index in [9.17, 15) is 22.4 Å². The van der Waals surface area contributed by atoms with Crippen LogP contribution in [0.1, 0.15) is 29.6 Å². The first-order valence-electron chi connectivity index (χ1n) is 9.23. The summed E-state index contributed by atoms with van der Waals surface area (Å²) in [6.45, 7) is 1.48. The van der Waals surface area contributed by atoms with Gasteiger partial charge in [-0.3, -0.25) is 9.59 Å². The van der Waals surface area contributed by atoms with Crippen molar-refractivity contribution >= 4 is 21.8 Å². The number of sulfonamides is 1. The fourth-order valence-electron chi connectivity index (χ4n) is 3.05. The van der Waals surface area contributed by atoms with Crippen LogP contribution >= 0.6 is 0 Å². The fourth-order valence-corrected chi connectivity index (χ4v) is 3.88. The van der Waals surface area contributed by atoms with Crippen LogP contribution in [0.15, 0.2) is 24.3 Å². The van der Waals surface area contributed by atoms with Crippen molar-refractivity contribution < 1.29 is 22.4 Å². The highest BCUT2D eigenvalue weighted by Crippen LogP contribution is 2.12. The van der Waals surface area contributed by atoms with Gasteiger partial charge in [-0.15, -0.1) is 0 Å². The molecule has 156 valence electrons. The van der Waals surface area contributed by atoms with Crippen LogP contribution in [-0.4, -0.2) is 74.5 Å². The van der Waals surface area contributed by atoms with Gasteiger partial charge in [-0.05, 0) is 50.1 Å². The first-order valence-corrected chi connectivity index (χ1v) is 11.1. The fraction of sp³-hybridized carbons (Fsp3) is 0.556. The zero-order valence-corrected chi connectivity index (χ0v) is 16.8. The molecule has 1 aliphatic rings. The van der Waals surface area contributed by atoms with E-state index in [1.807, 2.05) is 0 Å². The molecule has 1 heterocycles. The highest BCUT2D eigenvalue weighted by atomic mass is 32.2. The van der Waals surface area contributed by atoms with Gasteiger partial charge in [0, 0.05) is 31.7 Å². The predicted octanol–water partition coefficient (Wildman–Crippen LogP) is 0.157. The maximum atomic E-state index is 13.1. The number of benzene rings is 1. The minimum absolute atomic E-state index is 0.228. The van der Waals surface area contributed by atoms with E-state index >= 15 is 0 Å². The summed E-state index contributed by atoms with van der Waals surface area (Å²) < 4.78 is 37.6. The monoisotopic (exact) mass is 414 g/mol. The molecule has 1 aromatic carbocycles. The van der Waals surface area contributed by atoms with Gasteiger partial charge in [0.2, 0.25) is 15.9 Å². The Kier molecular flexibility index (Phi) is 7.90. The van der Waals surface area contributed by atoms with Gasteiger partial charge in [-0.2, -0.15) is 4.31 Å². The van der Waals surface area contributed by atoms with Gasteiger partial charge >= 0.3 is 0 Å². The van der Waals surface area contributed by atoms with E-state index in [0.29, 0.717) is 19.4 Å². The number of carbonyl (C=O) groups is 2. The van der Waals surface area contributed by atoms with E-state index in [2.05, 4.69) is 5.32 Å². The van der Waals surface area contributed by atoms with Crippen molar-refractivity contribution in [1.29, 1.82) is 0 Å². The van der Waals surface area contributed by atoms with Gasteiger partial charge in [-0.1, -0.05) is 0 Å². The lowest BCUT2D eigenvalue weighted by Crippen LogP contribution is -2.55. The molecule has 1 fully saturated rings. The van der Waals surface area contributed by atoms with Gasteiger partial charge in [0.25, 0.3) is 5.91 Å². The maximum absolute atomic E-state index is 13.1. The Morgan fingerprint density at radius 1 is 1.14 bits per heavy atom. The number of halogens is 1. The lowest BCUT2D eigenvalue weighted by atomic mass is 10.1. The van der Waals surface area contributed by atoms with Crippen molar-refractivity contribution in [3.8, 4) is 0 Å². The van der Waals surface area contributed by atoms with E-state index in [4.69, 9.17) is 5.73 Å². The van der Waals surface area contributed by atoms with Gasteiger partial charge in [0.05, 0.1) is 6.26 Å². The number of unbranched alkanes of at least 4 members (excludes halogenated alkanes) is 1. The van der Waals surface area contributed by atoms with Crippen molar-refractivity contribution in [3.63, 3.8) is 0 Å². The number of amides is 2. The molecule has 2 amide bonds. The first-order chi connectivity index (χ1) is 13.2. The third-order valence-electron chi connectivity index (χ3n) is 4.68. The smallest absolute Gasteiger partial charge is 0.251 e. The zero-order chi connectivity index (χ0) is 20.7. The highest BCUT2D eigenvalue weighted by molar-refractivity contribution is 7.88. The molecule has 0 saturated carbocycles. The van der Waals surface area contributed by atoms with Crippen molar-refractivity contribution in [2.24, 2.45) is 5.73 Å². The molecule has 3 N–H and O–H groups in total. The molecule has 10 heteroatoms. The quantitative estimate of drug-likeness (QED) is 0.588. The normalized spacial score (nSPS) is 16.6. The standard InChI is InChI=1S/C18H27FN4O4S/c1-28(26,27)23-12-10-22(11-13-23)18(25)16(4-2-3-9-20)21-17(24)14-5-7-15(19)8-6-14/h5-8,16H,2-4,9-13,20H2,1H3,(H,21,24)/t16-/m0/s1. The van der Waals surface area contributed by atoms with Crippen molar-refractivity contribution in [2.75, 3.05) is 39.0 Å². The third-order valence-corrected chi connectivity index (χ3v) is 5.98. The summed E-state index contributed by atoms with van der Waals surface area (Å²) in [7, 11) is -3.29. The van der Waals surface area contributed by atoms with Gasteiger partial charge in [0.15, 0.2) is 0 Å². The van der Waals surface area contributed by atoms with E-state index in [-0.39, 0.29) is 37.6 Å². The van der Waals surface area contributed by atoms with Crippen molar-refractivity contribution in [3.05, 3.63) is 35.6 Å². The molecule has 0 aliphatic carbocycles.